The number of aliphatic hydroxyl groups excluding tert-OH is 1. The average molecular weight is 479 g/mol. The third kappa shape index (κ3) is 3.97. The number of furan rings is 1. The molecule has 0 saturated carbocycles. The molecule has 2 amide bonds. The number of allylic oxidation sites excluding steroid dienone is 2. The lowest BCUT2D eigenvalue weighted by molar-refractivity contribution is -0.123. The van der Waals surface area contributed by atoms with Gasteiger partial charge in [-0.3, -0.25) is 14.5 Å². The first-order chi connectivity index (χ1) is 16.7. The molecule has 1 aromatic carbocycles. The number of imide groups is 1. The van der Waals surface area contributed by atoms with Gasteiger partial charge in [-0.15, -0.1) is 0 Å². The lowest BCUT2D eigenvalue weighted by atomic mass is 9.54. The number of anilines is 1. The van der Waals surface area contributed by atoms with Crippen LogP contribution in [0.15, 0.2) is 51.9 Å². The zero-order valence-corrected chi connectivity index (χ0v) is 19.5. The largest absolute Gasteiger partial charge is 0.488 e. The number of hydrogen-bond donors (Lipinski definition) is 4. The third-order valence-electron chi connectivity index (χ3n) is 7.43. The molecule has 9 nitrogen and oxygen atoms in total. The molecule has 11 heteroatoms. The van der Waals surface area contributed by atoms with Crippen molar-refractivity contribution in [2.45, 2.75) is 39.4 Å². The third-order valence-corrected chi connectivity index (χ3v) is 7.43. The zero-order chi connectivity index (χ0) is 25.0. The number of hydrogen-bond acceptors (Lipinski definition) is 8. The van der Waals surface area contributed by atoms with Gasteiger partial charge in [0.1, 0.15) is 24.2 Å². The fourth-order valence-corrected chi connectivity index (χ4v) is 5.82. The maximum absolute atomic E-state index is 13.7. The van der Waals surface area contributed by atoms with Crippen molar-refractivity contribution in [2.24, 2.45) is 23.7 Å². The van der Waals surface area contributed by atoms with Crippen LogP contribution in [0.5, 0.6) is 0 Å². The van der Waals surface area contributed by atoms with Crippen molar-refractivity contribution in [1.82, 2.24) is 0 Å². The Kier molecular flexibility index (Phi) is 6.23. The van der Waals surface area contributed by atoms with Crippen molar-refractivity contribution in [3.8, 4) is 0 Å². The normalized spacial score (nSPS) is 26.5. The molecule has 0 unspecified atom stereocenters. The van der Waals surface area contributed by atoms with E-state index in [0.717, 1.165) is 10.5 Å². The van der Waals surface area contributed by atoms with Crippen molar-refractivity contribution in [1.29, 1.82) is 0 Å². The molecule has 182 valence electrons. The predicted molar refractivity (Wildman–Crippen MR) is 127 cm³/mol. The van der Waals surface area contributed by atoms with E-state index in [4.69, 9.17) is 9.07 Å². The van der Waals surface area contributed by atoms with Gasteiger partial charge in [0.05, 0.1) is 17.5 Å². The highest BCUT2D eigenvalue weighted by atomic mass is 16.5. The van der Waals surface area contributed by atoms with E-state index in [1.165, 1.54) is 12.1 Å². The van der Waals surface area contributed by atoms with Crippen molar-refractivity contribution in [2.75, 3.05) is 4.90 Å². The average Bonchev–Trinajstić information content (AvgIpc) is 3.41. The van der Waals surface area contributed by atoms with Gasteiger partial charge in [0.25, 0.3) is 0 Å². The van der Waals surface area contributed by atoms with Crippen LogP contribution in [0.3, 0.4) is 0 Å². The summed E-state index contributed by atoms with van der Waals surface area (Å²) in [5, 5.41) is 39.5. The summed E-state index contributed by atoms with van der Waals surface area (Å²) in [5.41, 5.74) is 2.04. The van der Waals surface area contributed by atoms with Crippen LogP contribution in [-0.4, -0.2) is 46.2 Å². The van der Waals surface area contributed by atoms with E-state index < -0.39 is 38.1 Å². The molecule has 0 radical (unpaired) electrons. The quantitative estimate of drug-likeness (QED) is 0.363. The Balaban J connectivity index is 1.54. The summed E-state index contributed by atoms with van der Waals surface area (Å²) in [4.78, 5) is 28.4. The molecule has 3 aliphatic rings. The minimum Gasteiger partial charge on any atom is -0.461 e. The number of nitrogens with zero attached hydrogens (tertiary/aromatic N) is 1. The number of fused-ring (bicyclic) bond motifs is 3. The second-order valence-electron chi connectivity index (χ2n) is 9.73. The number of benzene rings is 1. The highest BCUT2D eigenvalue weighted by Crippen LogP contribution is 2.53. The Labute approximate surface area is 203 Å². The molecule has 2 saturated heterocycles. The smallest absolute Gasteiger partial charge is 0.461 e. The minimum absolute atomic E-state index is 0.0395. The molecule has 4 atom stereocenters. The van der Waals surface area contributed by atoms with Gasteiger partial charge in [0.15, 0.2) is 0 Å². The molecule has 2 aromatic rings. The predicted octanol–water partition coefficient (Wildman–Crippen LogP) is 0.711. The second kappa shape index (κ2) is 9.07. The van der Waals surface area contributed by atoms with Crippen LogP contribution in [0.2, 0.25) is 0 Å². The summed E-state index contributed by atoms with van der Waals surface area (Å²) in [6.07, 6.45) is 0.0404. The fraction of sp³-hybridized carbons (Fsp3) is 0.417. The first-order valence-electron chi connectivity index (χ1n) is 11.8. The molecule has 35 heavy (non-hydrogen) atoms. The first kappa shape index (κ1) is 24.0. The summed E-state index contributed by atoms with van der Waals surface area (Å²) < 4.78 is 11.5. The maximum atomic E-state index is 13.7. The van der Waals surface area contributed by atoms with Crippen LogP contribution in [0.25, 0.3) is 0 Å². The Hall–Kier alpha value is -2.69. The maximum Gasteiger partial charge on any atom is 0.488 e. The molecule has 2 aliphatic heterocycles. The molecule has 1 aromatic heterocycles. The van der Waals surface area contributed by atoms with Crippen LogP contribution in [-0.2, 0) is 20.9 Å². The number of carbonyl (C=O) groups excluding carboxylic acids is 2. The lowest BCUT2D eigenvalue weighted by Crippen LogP contribution is -2.45. The van der Waals surface area contributed by atoms with Crippen molar-refractivity contribution < 1.29 is 38.8 Å². The Morgan fingerprint density at radius 3 is 2.57 bits per heavy atom. The summed E-state index contributed by atoms with van der Waals surface area (Å²) in [5.74, 6) is -1.57. The number of amides is 2. The van der Waals surface area contributed by atoms with Crippen LogP contribution in [0.4, 0.5) is 5.69 Å². The van der Waals surface area contributed by atoms with Gasteiger partial charge in [-0.25, -0.2) is 0 Å². The van der Waals surface area contributed by atoms with Gasteiger partial charge in [-0.05, 0) is 59.9 Å². The Bertz CT molecular complexity index is 1190. The summed E-state index contributed by atoms with van der Waals surface area (Å²) >= 11 is 0. The fourth-order valence-electron chi connectivity index (χ4n) is 5.82. The molecule has 3 heterocycles. The van der Waals surface area contributed by atoms with Crippen molar-refractivity contribution >= 4 is 37.2 Å². The van der Waals surface area contributed by atoms with E-state index in [9.17, 15) is 29.8 Å². The highest BCUT2D eigenvalue weighted by Gasteiger charge is 2.58. The van der Waals surface area contributed by atoms with E-state index in [1.54, 1.807) is 24.3 Å². The number of rotatable bonds is 5. The molecule has 4 N–H and O–H groups in total. The van der Waals surface area contributed by atoms with Crippen molar-refractivity contribution in [3.63, 3.8) is 0 Å². The van der Waals surface area contributed by atoms with Crippen molar-refractivity contribution in [3.05, 3.63) is 59.0 Å². The van der Waals surface area contributed by atoms with E-state index in [1.807, 2.05) is 13.8 Å². The van der Waals surface area contributed by atoms with E-state index >= 15 is 0 Å². The molecule has 0 spiro atoms. The zero-order valence-electron chi connectivity index (χ0n) is 19.5. The molecular weight excluding hydrogens is 452 g/mol. The standard InChI is InChI=1S/C24H27B2NO8/c1-12(2)16-9-18-21(24(30)27(23(18)29)14-5-3-4-13(8-14)25(31)32)17-10-20(35-26(33)22(16)17)19-7-6-15(11-28)34-19/h3-8,12,17-18,20-21,28,31-33H,9-11H2,1-2H3/t17-,18-,20-,21+/m0/s1. The lowest BCUT2D eigenvalue weighted by Gasteiger charge is -2.42. The molecule has 0 bridgehead atoms. The van der Waals surface area contributed by atoms with E-state index in [0.29, 0.717) is 29.8 Å². The minimum atomic E-state index is -1.73. The van der Waals surface area contributed by atoms with Crippen LogP contribution in [0.1, 0.15) is 44.3 Å². The van der Waals surface area contributed by atoms with Crippen LogP contribution in [0, 0.1) is 23.7 Å². The van der Waals surface area contributed by atoms with Gasteiger partial charge in [0, 0.05) is 0 Å². The monoisotopic (exact) mass is 479 g/mol. The van der Waals surface area contributed by atoms with Gasteiger partial charge in [0.2, 0.25) is 11.8 Å². The van der Waals surface area contributed by atoms with Crippen LogP contribution >= 0.6 is 0 Å². The topological polar surface area (TPSA) is 141 Å². The summed E-state index contributed by atoms with van der Waals surface area (Å²) in [7, 11) is -2.97. The first-order valence-corrected chi connectivity index (χ1v) is 11.8. The molecule has 2 fully saturated rings. The summed E-state index contributed by atoms with van der Waals surface area (Å²) in [6, 6.07) is 9.41. The van der Waals surface area contributed by atoms with Gasteiger partial charge < -0.3 is 29.3 Å². The Morgan fingerprint density at radius 1 is 1.14 bits per heavy atom. The second-order valence-corrected chi connectivity index (χ2v) is 9.73. The molecular formula is C24H27B2NO8. The number of carbonyl (C=O) groups is 2. The summed E-state index contributed by atoms with van der Waals surface area (Å²) in [6.45, 7) is 3.71. The van der Waals surface area contributed by atoms with Gasteiger partial charge in [-0.2, -0.15) is 0 Å². The SMILES string of the molecule is CC(C)C1=C2B(O)O[C@H](c3ccc(CO)o3)C[C@H]2[C@H]2C(=O)N(c3cccc(B(O)O)c3)C(=O)[C@H]2C1. The van der Waals surface area contributed by atoms with Gasteiger partial charge in [-0.1, -0.05) is 31.6 Å². The van der Waals surface area contributed by atoms with E-state index in [-0.39, 0.29) is 35.5 Å². The highest BCUT2D eigenvalue weighted by molar-refractivity contribution is 6.58. The van der Waals surface area contributed by atoms with Crippen LogP contribution < -0.4 is 10.4 Å². The Morgan fingerprint density at radius 2 is 1.91 bits per heavy atom. The molecule has 5 rings (SSSR count). The number of aliphatic hydroxyl groups is 1. The molecule has 1 aliphatic carbocycles. The van der Waals surface area contributed by atoms with E-state index in [2.05, 4.69) is 0 Å². The van der Waals surface area contributed by atoms with Gasteiger partial charge >= 0.3 is 14.2 Å².